The normalized spacial score (nSPS) is 21.1. The van der Waals surface area contributed by atoms with Gasteiger partial charge in [0.1, 0.15) is 6.61 Å². The number of rotatable bonds is 5. The number of pyridine rings is 1. The van der Waals surface area contributed by atoms with Crippen LogP contribution >= 0.6 is 0 Å². The summed E-state index contributed by atoms with van der Waals surface area (Å²) >= 11 is 0. The van der Waals surface area contributed by atoms with Gasteiger partial charge in [-0.05, 0) is 58.7 Å². The smallest absolute Gasteiger partial charge is 0.417 e. The van der Waals surface area contributed by atoms with Crippen molar-refractivity contribution in [3.05, 3.63) is 82.5 Å². The number of hydrogen-bond donors (Lipinski definition) is 1. The van der Waals surface area contributed by atoms with Crippen molar-refractivity contribution in [1.82, 2.24) is 4.98 Å². The second-order valence-corrected chi connectivity index (χ2v) is 8.40. The SMILES string of the molecule is Cc1c(COc2cc3c(cn2)C2C(C3)C2C(=O)O)cccc1-c1ccccc1C(F)(F)F. The summed E-state index contributed by atoms with van der Waals surface area (Å²) in [5.41, 5.74) is 3.53. The minimum Gasteiger partial charge on any atom is -0.481 e. The molecule has 1 fully saturated rings. The number of carbonyl (C=O) groups is 1. The molecular formula is C25H20F3NO3. The lowest BCUT2D eigenvalue weighted by Gasteiger charge is -2.17. The Labute approximate surface area is 182 Å². The van der Waals surface area contributed by atoms with Crippen LogP contribution in [0.2, 0.25) is 0 Å². The fraction of sp³-hybridized carbons (Fsp3) is 0.280. The first-order valence-corrected chi connectivity index (χ1v) is 10.3. The van der Waals surface area contributed by atoms with Crippen LogP contribution < -0.4 is 4.74 Å². The molecule has 1 heterocycles. The predicted molar refractivity (Wildman–Crippen MR) is 111 cm³/mol. The van der Waals surface area contributed by atoms with Gasteiger partial charge in [-0.2, -0.15) is 13.2 Å². The Morgan fingerprint density at radius 1 is 1.16 bits per heavy atom. The minimum atomic E-state index is -4.44. The largest absolute Gasteiger partial charge is 0.481 e. The lowest BCUT2D eigenvalue weighted by Crippen LogP contribution is -2.08. The summed E-state index contributed by atoms with van der Waals surface area (Å²) in [4.78, 5) is 15.6. The van der Waals surface area contributed by atoms with Gasteiger partial charge in [0.2, 0.25) is 5.88 Å². The van der Waals surface area contributed by atoms with E-state index in [0.717, 1.165) is 28.3 Å². The van der Waals surface area contributed by atoms with Crippen LogP contribution in [0.1, 0.15) is 33.7 Å². The third-order valence-electron chi connectivity index (χ3n) is 6.61. The van der Waals surface area contributed by atoms with Gasteiger partial charge in [0, 0.05) is 18.2 Å². The molecule has 0 radical (unpaired) electrons. The van der Waals surface area contributed by atoms with Crippen molar-refractivity contribution in [1.29, 1.82) is 0 Å². The summed E-state index contributed by atoms with van der Waals surface area (Å²) in [5.74, 6) is -0.435. The molecule has 2 aliphatic carbocycles. The summed E-state index contributed by atoms with van der Waals surface area (Å²) in [5, 5.41) is 9.23. The number of aromatic nitrogens is 1. The Morgan fingerprint density at radius 3 is 2.66 bits per heavy atom. The van der Waals surface area contributed by atoms with Gasteiger partial charge in [0.25, 0.3) is 0 Å². The first-order chi connectivity index (χ1) is 15.3. The molecule has 0 amide bonds. The molecular weight excluding hydrogens is 419 g/mol. The van der Waals surface area contributed by atoms with Gasteiger partial charge in [0.05, 0.1) is 11.5 Å². The van der Waals surface area contributed by atoms with Gasteiger partial charge >= 0.3 is 12.1 Å². The van der Waals surface area contributed by atoms with Gasteiger partial charge in [0.15, 0.2) is 0 Å². The topological polar surface area (TPSA) is 59.4 Å². The minimum absolute atomic E-state index is 0.0525. The van der Waals surface area contributed by atoms with E-state index in [1.54, 1.807) is 31.3 Å². The number of hydrogen-bond acceptors (Lipinski definition) is 3. The second kappa shape index (κ2) is 7.36. The lowest BCUT2D eigenvalue weighted by atomic mass is 9.93. The van der Waals surface area contributed by atoms with E-state index >= 15 is 0 Å². The average Bonchev–Trinajstić information content (AvgIpc) is 3.35. The lowest BCUT2D eigenvalue weighted by molar-refractivity contribution is -0.139. The summed E-state index contributed by atoms with van der Waals surface area (Å²) in [6.07, 6.45) is -2.04. The Kier molecular flexibility index (Phi) is 4.73. The number of nitrogens with zero attached hydrogens (tertiary/aromatic N) is 1. The van der Waals surface area contributed by atoms with Crippen LogP contribution in [-0.2, 0) is 24.0 Å². The Bertz CT molecular complexity index is 1220. The van der Waals surface area contributed by atoms with Crippen LogP contribution in [0.25, 0.3) is 11.1 Å². The number of halogens is 3. The van der Waals surface area contributed by atoms with Crippen molar-refractivity contribution in [2.24, 2.45) is 11.8 Å². The van der Waals surface area contributed by atoms with Crippen LogP contribution in [0, 0.1) is 18.8 Å². The Balaban J connectivity index is 1.36. The Morgan fingerprint density at radius 2 is 1.91 bits per heavy atom. The predicted octanol–water partition coefficient (Wildman–Crippen LogP) is 5.63. The first kappa shape index (κ1) is 20.5. The summed E-state index contributed by atoms with van der Waals surface area (Å²) < 4.78 is 46.3. The van der Waals surface area contributed by atoms with E-state index < -0.39 is 17.7 Å². The second-order valence-electron chi connectivity index (χ2n) is 8.40. The molecule has 3 aromatic rings. The maximum atomic E-state index is 13.5. The molecule has 2 aliphatic rings. The zero-order valence-corrected chi connectivity index (χ0v) is 17.2. The van der Waals surface area contributed by atoms with Gasteiger partial charge in [-0.25, -0.2) is 4.98 Å². The van der Waals surface area contributed by atoms with Gasteiger partial charge < -0.3 is 9.84 Å². The first-order valence-electron chi connectivity index (χ1n) is 10.3. The molecule has 3 atom stereocenters. The van der Waals surface area contributed by atoms with Crippen LogP contribution in [0.3, 0.4) is 0 Å². The molecule has 4 nitrogen and oxygen atoms in total. The monoisotopic (exact) mass is 439 g/mol. The molecule has 7 heteroatoms. The molecule has 0 saturated heterocycles. The van der Waals surface area contributed by atoms with E-state index in [-0.39, 0.29) is 29.9 Å². The number of alkyl halides is 3. The molecule has 0 spiro atoms. The van der Waals surface area contributed by atoms with Crippen LogP contribution in [0.4, 0.5) is 13.2 Å². The van der Waals surface area contributed by atoms with Gasteiger partial charge in [-0.1, -0.05) is 36.4 Å². The molecule has 2 aromatic carbocycles. The third kappa shape index (κ3) is 3.42. The summed E-state index contributed by atoms with van der Waals surface area (Å²) in [7, 11) is 0. The quantitative estimate of drug-likeness (QED) is 0.560. The summed E-state index contributed by atoms with van der Waals surface area (Å²) in [6.45, 7) is 1.96. The molecule has 1 saturated carbocycles. The van der Waals surface area contributed by atoms with Gasteiger partial charge in [-0.15, -0.1) is 0 Å². The number of ether oxygens (including phenoxy) is 1. The van der Waals surface area contributed by atoms with E-state index in [0.29, 0.717) is 17.9 Å². The third-order valence-corrected chi connectivity index (χ3v) is 6.61. The highest BCUT2D eigenvalue weighted by atomic mass is 19.4. The number of carboxylic acids is 1. The van der Waals surface area contributed by atoms with Crippen LogP contribution in [0.15, 0.2) is 54.7 Å². The van der Waals surface area contributed by atoms with Gasteiger partial charge in [-0.3, -0.25) is 4.79 Å². The number of benzene rings is 2. The van der Waals surface area contributed by atoms with Crippen LogP contribution in [-0.4, -0.2) is 16.1 Å². The molecule has 0 bridgehead atoms. The summed E-state index contributed by atoms with van der Waals surface area (Å²) in [6, 6.07) is 12.6. The standard InChI is InChI=1S/C25H20F3NO3/c1-13-14(5-4-7-16(13)17-6-2-3-8-20(17)25(26,27)28)12-32-21-10-15-9-18-22(19(15)11-29-21)23(18)24(30)31/h2-8,10-11,18,22-23H,9,12H2,1H3,(H,30,31). The van der Waals surface area contributed by atoms with E-state index in [4.69, 9.17) is 4.74 Å². The molecule has 1 aromatic heterocycles. The molecule has 1 N–H and O–H groups in total. The fourth-order valence-corrected chi connectivity index (χ4v) is 4.93. The highest BCUT2D eigenvalue weighted by Crippen LogP contribution is 2.61. The fourth-order valence-electron chi connectivity index (χ4n) is 4.93. The molecule has 5 rings (SSSR count). The number of fused-ring (bicyclic) bond motifs is 3. The van der Waals surface area contributed by atoms with Crippen molar-refractivity contribution < 1.29 is 27.8 Å². The van der Waals surface area contributed by atoms with Crippen molar-refractivity contribution in [3.8, 4) is 17.0 Å². The van der Waals surface area contributed by atoms with E-state index in [1.165, 1.54) is 12.1 Å². The van der Waals surface area contributed by atoms with E-state index in [2.05, 4.69) is 4.98 Å². The highest BCUT2D eigenvalue weighted by molar-refractivity contribution is 5.77. The number of carboxylic acid groups (broad SMARTS) is 1. The zero-order chi connectivity index (χ0) is 22.6. The maximum Gasteiger partial charge on any atom is 0.417 e. The van der Waals surface area contributed by atoms with Crippen LogP contribution in [0.5, 0.6) is 5.88 Å². The highest BCUT2D eigenvalue weighted by Gasteiger charge is 2.59. The van der Waals surface area contributed by atoms with E-state index in [1.807, 2.05) is 12.1 Å². The molecule has 164 valence electrons. The average molecular weight is 439 g/mol. The molecule has 0 aliphatic heterocycles. The molecule has 32 heavy (non-hydrogen) atoms. The van der Waals surface area contributed by atoms with Crippen molar-refractivity contribution in [2.45, 2.75) is 32.0 Å². The van der Waals surface area contributed by atoms with E-state index in [9.17, 15) is 23.1 Å². The maximum absolute atomic E-state index is 13.5. The Hall–Kier alpha value is -3.35. The van der Waals surface area contributed by atoms with Crippen molar-refractivity contribution in [3.63, 3.8) is 0 Å². The van der Waals surface area contributed by atoms with Crippen molar-refractivity contribution >= 4 is 5.97 Å². The number of aliphatic carboxylic acids is 1. The zero-order valence-electron chi connectivity index (χ0n) is 17.2. The molecule has 3 unspecified atom stereocenters. The van der Waals surface area contributed by atoms with Crippen molar-refractivity contribution in [2.75, 3.05) is 0 Å².